The molecule has 2 aromatic rings. The zero-order chi connectivity index (χ0) is 11.4. The fourth-order valence-electron chi connectivity index (χ4n) is 1.12. The van der Waals surface area contributed by atoms with Crippen molar-refractivity contribution in [3.63, 3.8) is 0 Å². The Bertz CT molecular complexity index is 551. The quantitative estimate of drug-likeness (QED) is 0.846. The van der Waals surface area contributed by atoms with Gasteiger partial charge in [0.25, 0.3) is 5.88 Å². The van der Waals surface area contributed by atoms with E-state index in [2.05, 4.69) is 26.1 Å². The van der Waals surface area contributed by atoms with E-state index in [-0.39, 0.29) is 5.88 Å². The van der Waals surface area contributed by atoms with Crippen LogP contribution < -0.4 is 4.74 Å². The molecule has 0 N–H and O–H groups in total. The summed E-state index contributed by atoms with van der Waals surface area (Å²) in [6.45, 7) is 0. The maximum atomic E-state index is 8.84. The Hall–Kier alpha value is -1.93. The molecular formula is C11H6BrN3O. The molecule has 1 aromatic heterocycles. The van der Waals surface area contributed by atoms with Crippen LogP contribution >= 0.6 is 15.9 Å². The van der Waals surface area contributed by atoms with Gasteiger partial charge in [0.1, 0.15) is 17.4 Å². The Balaban J connectivity index is 2.31. The van der Waals surface area contributed by atoms with Gasteiger partial charge in [0.05, 0.1) is 6.20 Å². The van der Waals surface area contributed by atoms with Crippen LogP contribution in [0.1, 0.15) is 5.56 Å². The smallest absolute Gasteiger partial charge is 0.256 e. The molecule has 0 aliphatic carbocycles. The molecule has 1 aromatic carbocycles. The van der Waals surface area contributed by atoms with Crippen LogP contribution in [-0.4, -0.2) is 10.2 Å². The van der Waals surface area contributed by atoms with Crippen molar-refractivity contribution < 1.29 is 4.74 Å². The predicted molar refractivity (Wildman–Crippen MR) is 61.0 cm³/mol. The summed E-state index contributed by atoms with van der Waals surface area (Å²) in [7, 11) is 0. The lowest BCUT2D eigenvalue weighted by Crippen LogP contribution is -1.93. The van der Waals surface area contributed by atoms with E-state index in [1.165, 1.54) is 6.20 Å². The van der Waals surface area contributed by atoms with Crippen LogP contribution in [0.3, 0.4) is 0 Å². The average Bonchev–Trinajstić information content (AvgIpc) is 2.30. The number of benzene rings is 1. The first kappa shape index (κ1) is 10.6. The first-order valence-electron chi connectivity index (χ1n) is 4.45. The van der Waals surface area contributed by atoms with Crippen molar-refractivity contribution in [2.75, 3.05) is 0 Å². The second-order valence-electron chi connectivity index (χ2n) is 2.92. The largest absolute Gasteiger partial charge is 0.437 e. The van der Waals surface area contributed by atoms with Gasteiger partial charge in [-0.05, 0) is 24.3 Å². The van der Waals surface area contributed by atoms with E-state index >= 15 is 0 Å². The highest BCUT2D eigenvalue weighted by atomic mass is 79.9. The van der Waals surface area contributed by atoms with Crippen LogP contribution in [0.15, 0.2) is 41.0 Å². The normalized spacial score (nSPS) is 9.50. The molecule has 0 spiro atoms. The van der Waals surface area contributed by atoms with Crippen molar-refractivity contribution in [1.29, 1.82) is 5.26 Å². The van der Waals surface area contributed by atoms with E-state index in [1.54, 1.807) is 18.2 Å². The minimum Gasteiger partial charge on any atom is -0.437 e. The minimum atomic E-state index is 0.211. The molecule has 0 amide bonds. The van der Waals surface area contributed by atoms with E-state index < -0.39 is 0 Å². The molecule has 5 heteroatoms. The summed E-state index contributed by atoms with van der Waals surface area (Å²) < 4.78 is 6.35. The topological polar surface area (TPSA) is 58.8 Å². The number of halogens is 1. The molecule has 0 atom stereocenters. The number of hydrogen-bond acceptors (Lipinski definition) is 4. The van der Waals surface area contributed by atoms with Crippen molar-refractivity contribution in [3.8, 4) is 17.7 Å². The molecule has 2 rings (SSSR count). The van der Waals surface area contributed by atoms with Gasteiger partial charge in [-0.1, -0.05) is 22.0 Å². The summed E-state index contributed by atoms with van der Waals surface area (Å²) in [4.78, 5) is 0. The second kappa shape index (κ2) is 4.73. The van der Waals surface area contributed by atoms with E-state index in [4.69, 9.17) is 10.00 Å². The Morgan fingerprint density at radius 2 is 2.19 bits per heavy atom. The molecule has 0 aliphatic heterocycles. The lowest BCUT2D eigenvalue weighted by Gasteiger charge is -2.04. The van der Waals surface area contributed by atoms with Crippen LogP contribution in [0.25, 0.3) is 0 Å². The molecule has 0 fully saturated rings. The Labute approximate surface area is 101 Å². The standard InChI is InChI=1S/C11H6BrN3O/c12-9-2-1-3-10(6-9)16-11-8(7-13)4-5-14-15-11/h1-6H. The van der Waals surface area contributed by atoms with Gasteiger partial charge >= 0.3 is 0 Å². The highest BCUT2D eigenvalue weighted by molar-refractivity contribution is 9.10. The van der Waals surface area contributed by atoms with Crippen molar-refractivity contribution >= 4 is 15.9 Å². The van der Waals surface area contributed by atoms with Gasteiger partial charge in [-0.25, -0.2) is 0 Å². The van der Waals surface area contributed by atoms with Crippen molar-refractivity contribution in [2.45, 2.75) is 0 Å². The van der Waals surface area contributed by atoms with Gasteiger partial charge in [0, 0.05) is 4.47 Å². The fourth-order valence-corrected chi connectivity index (χ4v) is 1.50. The van der Waals surface area contributed by atoms with Gasteiger partial charge in [-0.3, -0.25) is 0 Å². The van der Waals surface area contributed by atoms with Gasteiger partial charge in [0.2, 0.25) is 0 Å². The maximum absolute atomic E-state index is 8.84. The van der Waals surface area contributed by atoms with E-state index in [0.29, 0.717) is 11.3 Å². The third-order valence-corrected chi connectivity index (χ3v) is 2.31. The zero-order valence-electron chi connectivity index (χ0n) is 8.09. The molecule has 0 aliphatic rings. The molecule has 78 valence electrons. The molecule has 0 radical (unpaired) electrons. The second-order valence-corrected chi connectivity index (χ2v) is 3.84. The third-order valence-electron chi connectivity index (χ3n) is 1.82. The van der Waals surface area contributed by atoms with Crippen LogP contribution in [0.4, 0.5) is 0 Å². The number of nitrogens with zero attached hydrogens (tertiary/aromatic N) is 3. The first-order chi connectivity index (χ1) is 7.79. The highest BCUT2D eigenvalue weighted by Crippen LogP contribution is 2.24. The van der Waals surface area contributed by atoms with Gasteiger partial charge in [-0.2, -0.15) is 10.4 Å². The summed E-state index contributed by atoms with van der Waals surface area (Å²) in [6, 6.07) is 10.8. The van der Waals surface area contributed by atoms with E-state index in [9.17, 15) is 0 Å². The van der Waals surface area contributed by atoms with Crippen molar-refractivity contribution in [3.05, 3.63) is 46.6 Å². The lowest BCUT2D eigenvalue weighted by atomic mass is 10.3. The molecule has 0 saturated heterocycles. The predicted octanol–water partition coefficient (Wildman–Crippen LogP) is 2.90. The summed E-state index contributed by atoms with van der Waals surface area (Å²) in [5.41, 5.74) is 0.356. The molecule has 4 nitrogen and oxygen atoms in total. The van der Waals surface area contributed by atoms with Crippen LogP contribution in [0, 0.1) is 11.3 Å². The molecule has 1 heterocycles. The maximum Gasteiger partial charge on any atom is 0.256 e. The zero-order valence-corrected chi connectivity index (χ0v) is 9.68. The minimum absolute atomic E-state index is 0.211. The molecule has 0 saturated carbocycles. The van der Waals surface area contributed by atoms with Gasteiger partial charge in [-0.15, -0.1) is 5.10 Å². The Morgan fingerprint density at radius 1 is 1.31 bits per heavy atom. The molecule has 0 bridgehead atoms. The molecule has 16 heavy (non-hydrogen) atoms. The average molecular weight is 276 g/mol. The van der Waals surface area contributed by atoms with Gasteiger partial charge in [0.15, 0.2) is 0 Å². The summed E-state index contributed by atoms with van der Waals surface area (Å²) in [5.74, 6) is 0.814. The number of ether oxygens (including phenoxy) is 1. The Morgan fingerprint density at radius 3 is 2.94 bits per heavy atom. The monoisotopic (exact) mass is 275 g/mol. The SMILES string of the molecule is N#Cc1ccnnc1Oc1cccc(Br)c1. The summed E-state index contributed by atoms with van der Waals surface area (Å²) in [5, 5.41) is 16.3. The molecule has 0 unspecified atom stereocenters. The van der Waals surface area contributed by atoms with Crippen molar-refractivity contribution in [1.82, 2.24) is 10.2 Å². The van der Waals surface area contributed by atoms with Crippen LogP contribution in [-0.2, 0) is 0 Å². The van der Waals surface area contributed by atoms with E-state index in [0.717, 1.165) is 4.47 Å². The highest BCUT2D eigenvalue weighted by Gasteiger charge is 2.05. The van der Waals surface area contributed by atoms with Crippen LogP contribution in [0.2, 0.25) is 0 Å². The third kappa shape index (κ3) is 2.35. The fraction of sp³-hybridized carbons (Fsp3) is 0. The lowest BCUT2D eigenvalue weighted by molar-refractivity contribution is 0.453. The van der Waals surface area contributed by atoms with Crippen molar-refractivity contribution in [2.24, 2.45) is 0 Å². The number of aromatic nitrogens is 2. The number of rotatable bonds is 2. The summed E-state index contributed by atoms with van der Waals surface area (Å²) >= 11 is 3.33. The van der Waals surface area contributed by atoms with Crippen LogP contribution in [0.5, 0.6) is 11.6 Å². The first-order valence-corrected chi connectivity index (χ1v) is 5.24. The molecular weight excluding hydrogens is 270 g/mol. The number of hydrogen-bond donors (Lipinski definition) is 0. The summed E-state index contributed by atoms with van der Waals surface area (Å²) in [6.07, 6.45) is 1.45. The van der Waals surface area contributed by atoms with E-state index in [1.807, 2.05) is 18.2 Å². The number of nitriles is 1. The Kier molecular flexibility index (Phi) is 3.13. The van der Waals surface area contributed by atoms with Gasteiger partial charge < -0.3 is 4.74 Å².